The number of amides is 1. The van der Waals surface area contributed by atoms with Gasteiger partial charge in [-0.15, -0.1) is 0 Å². The summed E-state index contributed by atoms with van der Waals surface area (Å²) in [6.45, 7) is 2.54. The lowest BCUT2D eigenvalue weighted by Crippen LogP contribution is -2.29. The summed E-state index contributed by atoms with van der Waals surface area (Å²) in [7, 11) is 1.71. The average Bonchev–Trinajstić information content (AvgIpc) is 2.47. The van der Waals surface area contributed by atoms with Crippen molar-refractivity contribution in [3.63, 3.8) is 0 Å². The molecule has 0 aliphatic rings. The Kier molecular flexibility index (Phi) is 7.83. The Morgan fingerprint density at radius 1 is 1.19 bits per heavy atom. The predicted molar refractivity (Wildman–Crippen MR) is 83.3 cm³/mol. The highest BCUT2D eigenvalue weighted by atomic mass is 35.5. The summed E-state index contributed by atoms with van der Waals surface area (Å²) < 4.78 is 4.83. The van der Waals surface area contributed by atoms with Crippen molar-refractivity contribution in [2.24, 2.45) is 0 Å². The van der Waals surface area contributed by atoms with Crippen LogP contribution in [0.2, 0.25) is 5.02 Å². The minimum Gasteiger partial charge on any atom is -0.466 e. The van der Waals surface area contributed by atoms with Gasteiger partial charge in [-0.2, -0.15) is 0 Å². The van der Waals surface area contributed by atoms with Gasteiger partial charge in [0.1, 0.15) is 0 Å². The fourth-order valence-corrected chi connectivity index (χ4v) is 2.03. The van der Waals surface area contributed by atoms with E-state index in [0.717, 1.165) is 12.8 Å². The Balaban J connectivity index is 2.23. The van der Waals surface area contributed by atoms with Crippen LogP contribution in [-0.2, 0) is 20.7 Å². The zero-order chi connectivity index (χ0) is 15.7. The van der Waals surface area contributed by atoms with Crippen LogP contribution >= 0.6 is 11.6 Å². The van der Waals surface area contributed by atoms with E-state index in [4.69, 9.17) is 16.3 Å². The summed E-state index contributed by atoms with van der Waals surface area (Å²) in [5.74, 6) is -0.216. The Morgan fingerprint density at radius 3 is 2.48 bits per heavy atom. The highest BCUT2D eigenvalue weighted by Gasteiger charge is 2.11. The molecular weight excluding hydrogens is 290 g/mol. The largest absolute Gasteiger partial charge is 0.466 e. The molecule has 1 amide bonds. The highest BCUT2D eigenvalue weighted by Crippen LogP contribution is 2.12. The topological polar surface area (TPSA) is 46.6 Å². The van der Waals surface area contributed by atoms with Crippen molar-refractivity contribution >= 4 is 23.5 Å². The van der Waals surface area contributed by atoms with Crippen LogP contribution in [-0.4, -0.2) is 37.0 Å². The van der Waals surface area contributed by atoms with Crippen molar-refractivity contribution in [3.05, 3.63) is 34.9 Å². The molecule has 1 rings (SSSR count). The fraction of sp³-hybridized carbons (Fsp3) is 0.500. The number of esters is 1. The maximum Gasteiger partial charge on any atom is 0.307 e. The van der Waals surface area contributed by atoms with Gasteiger partial charge in [0.25, 0.3) is 0 Å². The molecule has 4 nitrogen and oxygen atoms in total. The first kappa shape index (κ1) is 17.5. The van der Waals surface area contributed by atoms with Crippen LogP contribution < -0.4 is 0 Å². The van der Waals surface area contributed by atoms with Crippen molar-refractivity contribution in [3.8, 4) is 0 Å². The van der Waals surface area contributed by atoms with Gasteiger partial charge >= 0.3 is 5.97 Å². The minimum atomic E-state index is -0.265. The van der Waals surface area contributed by atoms with Crippen LogP contribution in [0.5, 0.6) is 0 Å². The number of nitrogens with zero attached hydrogens (tertiary/aromatic N) is 1. The molecule has 0 bridgehead atoms. The van der Waals surface area contributed by atoms with E-state index in [-0.39, 0.29) is 18.3 Å². The second-order valence-corrected chi connectivity index (χ2v) is 5.29. The first-order valence-corrected chi connectivity index (χ1v) is 7.54. The number of hydrogen-bond acceptors (Lipinski definition) is 3. The van der Waals surface area contributed by atoms with Crippen molar-refractivity contribution < 1.29 is 14.3 Å². The van der Waals surface area contributed by atoms with Gasteiger partial charge in [-0.3, -0.25) is 9.59 Å². The molecule has 0 N–H and O–H groups in total. The lowest BCUT2D eigenvalue weighted by Gasteiger charge is -2.16. The molecule has 0 saturated carbocycles. The van der Waals surface area contributed by atoms with E-state index in [1.54, 1.807) is 18.9 Å². The molecule has 0 atom stereocenters. The third-order valence-corrected chi connectivity index (χ3v) is 3.40. The van der Waals surface area contributed by atoms with Gasteiger partial charge in [-0.25, -0.2) is 0 Å². The molecule has 0 fully saturated rings. The smallest absolute Gasteiger partial charge is 0.307 e. The van der Waals surface area contributed by atoms with Gasteiger partial charge in [0, 0.05) is 25.0 Å². The minimum absolute atomic E-state index is 0.0493. The molecular formula is C16H22ClNO3. The number of benzene rings is 1. The Hall–Kier alpha value is -1.55. The lowest BCUT2D eigenvalue weighted by molar-refractivity contribution is -0.143. The number of aryl methyl sites for hydroxylation is 1. The van der Waals surface area contributed by atoms with E-state index in [1.165, 1.54) is 5.56 Å². The van der Waals surface area contributed by atoms with Gasteiger partial charge in [0.05, 0.1) is 13.0 Å². The summed E-state index contributed by atoms with van der Waals surface area (Å²) in [5, 5.41) is 0.716. The number of hydrogen-bond donors (Lipinski definition) is 0. The van der Waals surface area contributed by atoms with Crippen LogP contribution in [0.4, 0.5) is 0 Å². The van der Waals surface area contributed by atoms with Crippen molar-refractivity contribution in [2.75, 3.05) is 20.2 Å². The number of carbonyl (C=O) groups excluding carboxylic acids is 2. The lowest BCUT2D eigenvalue weighted by atomic mass is 10.1. The second-order valence-electron chi connectivity index (χ2n) is 4.85. The molecule has 0 aromatic heterocycles. The standard InChI is InChI=1S/C16H22ClNO3/c1-3-21-16(20)11-12-18(2)15(19)6-4-5-13-7-9-14(17)10-8-13/h7-10H,3-6,11-12H2,1-2H3. The highest BCUT2D eigenvalue weighted by molar-refractivity contribution is 6.30. The van der Waals surface area contributed by atoms with Crippen molar-refractivity contribution in [2.45, 2.75) is 32.6 Å². The maximum atomic E-state index is 11.9. The Labute approximate surface area is 131 Å². The second kappa shape index (κ2) is 9.40. The zero-order valence-electron chi connectivity index (χ0n) is 12.6. The first-order valence-electron chi connectivity index (χ1n) is 7.17. The molecule has 0 unspecified atom stereocenters. The van der Waals surface area contributed by atoms with E-state index in [1.807, 2.05) is 24.3 Å². The van der Waals surface area contributed by atoms with Crippen molar-refractivity contribution in [1.29, 1.82) is 0 Å². The summed E-state index contributed by atoms with van der Waals surface area (Å²) in [4.78, 5) is 24.7. The molecule has 0 saturated heterocycles. The molecule has 0 heterocycles. The molecule has 1 aromatic carbocycles. The molecule has 0 aliphatic heterocycles. The molecule has 21 heavy (non-hydrogen) atoms. The summed E-state index contributed by atoms with van der Waals surface area (Å²) >= 11 is 5.82. The summed E-state index contributed by atoms with van der Waals surface area (Å²) in [5.41, 5.74) is 1.17. The number of carbonyl (C=O) groups is 2. The monoisotopic (exact) mass is 311 g/mol. The number of halogens is 1. The molecule has 0 spiro atoms. The van der Waals surface area contributed by atoms with Gasteiger partial charge < -0.3 is 9.64 Å². The van der Waals surface area contributed by atoms with E-state index in [0.29, 0.717) is 24.6 Å². The summed E-state index contributed by atoms with van der Waals surface area (Å²) in [6, 6.07) is 7.64. The van der Waals surface area contributed by atoms with Gasteiger partial charge in [-0.1, -0.05) is 23.7 Å². The van der Waals surface area contributed by atoms with Crippen LogP contribution in [0.25, 0.3) is 0 Å². The van der Waals surface area contributed by atoms with E-state index >= 15 is 0 Å². The Bertz CT molecular complexity index is 459. The summed E-state index contributed by atoms with van der Waals surface area (Å²) in [6.07, 6.45) is 2.34. The average molecular weight is 312 g/mol. The van der Waals surface area contributed by atoms with Crippen molar-refractivity contribution in [1.82, 2.24) is 4.90 Å². The fourth-order valence-electron chi connectivity index (χ4n) is 1.90. The molecule has 5 heteroatoms. The predicted octanol–water partition coefficient (Wildman–Crippen LogP) is 3.07. The zero-order valence-corrected chi connectivity index (χ0v) is 13.4. The van der Waals surface area contributed by atoms with Crippen LogP contribution in [0.3, 0.4) is 0 Å². The number of rotatable bonds is 8. The van der Waals surface area contributed by atoms with Crippen LogP contribution in [0.15, 0.2) is 24.3 Å². The van der Waals surface area contributed by atoms with Gasteiger partial charge in [-0.05, 0) is 37.5 Å². The maximum absolute atomic E-state index is 11.9. The quantitative estimate of drug-likeness (QED) is 0.693. The van der Waals surface area contributed by atoms with E-state index in [2.05, 4.69) is 0 Å². The third-order valence-electron chi connectivity index (χ3n) is 3.15. The van der Waals surface area contributed by atoms with E-state index < -0.39 is 0 Å². The normalized spacial score (nSPS) is 10.2. The molecule has 0 aliphatic carbocycles. The Morgan fingerprint density at radius 2 is 1.86 bits per heavy atom. The van der Waals surface area contributed by atoms with Gasteiger partial charge in [0.15, 0.2) is 0 Å². The first-order chi connectivity index (χ1) is 10.0. The molecule has 0 radical (unpaired) electrons. The molecule has 1 aromatic rings. The van der Waals surface area contributed by atoms with Crippen LogP contribution in [0, 0.1) is 0 Å². The van der Waals surface area contributed by atoms with E-state index in [9.17, 15) is 9.59 Å². The van der Waals surface area contributed by atoms with Crippen LogP contribution in [0.1, 0.15) is 31.7 Å². The molecule has 116 valence electrons. The number of ether oxygens (including phenoxy) is 1. The van der Waals surface area contributed by atoms with Gasteiger partial charge in [0.2, 0.25) is 5.91 Å². The third kappa shape index (κ3) is 7.14. The SMILES string of the molecule is CCOC(=O)CCN(C)C(=O)CCCc1ccc(Cl)cc1.